The first-order chi connectivity index (χ1) is 12.2. The predicted molar refractivity (Wildman–Crippen MR) is 94.4 cm³/mol. The quantitative estimate of drug-likeness (QED) is 0.557. The SMILES string of the molecule is O=C(Nc1ccncn1)c1[nH]c(-c2ccc(Cl)cc2)[n+]2ccccc12. The first kappa shape index (κ1) is 15.3. The van der Waals surface area contributed by atoms with Gasteiger partial charge < -0.3 is 5.32 Å². The number of imidazole rings is 1. The highest BCUT2D eigenvalue weighted by atomic mass is 35.5. The molecule has 0 atom stereocenters. The Bertz CT molecular complexity index is 1040. The summed E-state index contributed by atoms with van der Waals surface area (Å²) < 4.78 is 1.93. The van der Waals surface area contributed by atoms with E-state index in [0.717, 1.165) is 16.9 Å². The summed E-state index contributed by atoms with van der Waals surface area (Å²) in [4.78, 5) is 23.8. The summed E-state index contributed by atoms with van der Waals surface area (Å²) in [7, 11) is 0. The van der Waals surface area contributed by atoms with Crippen LogP contribution in [0.1, 0.15) is 10.5 Å². The van der Waals surface area contributed by atoms with Gasteiger partial charge in [0.25, 0.3) is 5.82 Å². The number of aromatic amines is 1. The number of carbonyl (C=O) groups is 1. The van der Waals surface area contributed by atoms with Crippen molar-refractivity contribution in [3.63, 3.8) is 0 Å². The number of pyridine rings is 1. The third-order valence-electron chi connectivity index (χ3n) is 3.77. The first-order valence-corrected chi connectivity index (χ1v) is 7.96. The van der Waals surface area contributed by atoms with E-state index >= 15 is 0 Å². The van der Waals surface area contributed by atoms with E-state index in [1.807, 2.05) is 53.1 Å². The molecule has 0 aliphatic carbocycles. The molecular weight excluding hydrogens is 338 g/mol. The average Bonchev–Trinajstić information content (AvgIpc) is 3.03. The van der Waals surface area contributed by atoms with E-state index in [1.165, 1.54) is 6.33 Å². The third-order valence-corrected chi connectivity index (χ3v) is 4.02. The molecule has 0 unspecified atom stereocenters. The Balaban J connectivity index is 1.79. The lowest BCUT2D eigenvalue weighted by molar-refractivity contribution is -0.498. The van der Waals surface area contributed by atoms with Gasteiger partial charge in [-0.15, -0.1) is 0 Å². The van der Waals surface area contributed by atoms with Crippen LogP contribution in [-0.4, -0.2) is 20.9 Å². The number of carbonyl (C=O) groups excluding carboxylic acids is 1. The fraction of sp³-hybridized carbons (Fsp3) is 0. The molecule has 122 valence electrons. The van der Waals surface area contributed by atoms with E-state index in [0.29, 0.717) is 16.5 Å². The molecule has 0 radical (unpaired) electrons. The van der Waals surface area contributed by atoms with Gasteiger partial charge in [-0.05, 0) is 42.5 Å². The number of aromatic nitrogens is 4. The lowest BCUT2D eigenvalue weighted by atomic mass is 10.2. The van der Waals surface area contributed by atoms with Crippen LogP contribution in [0, 0.1) is 0 Å². The minimum Gasteiger partial charge on any atom is -0.303 e. The molecule has 3 heterocycles. The summed E-state index contributed by atoms with van der Waals surface area (Å²) in [6.07, 6.45) is 4.86. The van der Waals surface area contributed by atoms with Gasteiger partial charge in [0.2, 0.25) is 5.69 Å². The second-order valence-corrected chi connectivity index (χ2v) is 5.80. The monoisotopic (exact) mass is 350 g/mol. The van der Waals surface area contributed by atoms with Crippen molar-refractivity contribution in [3.05, 3.63) is 78.0 Å². The number of hydrogen-bond donors (Lipinski definition) is 2. The summed E-state index contributed by atoms with van der Waals surface area (Å²) >= 11 is 5.97. The number of nitrogens with zero attached hydrogens (tertiary/aromatic N) is 3. The van der Waals surface area contributed by atoms with Crippen molar-refractivity contribution < 1.29 is 9.20 Å². The van der Waals surface area contributed by atoms with Crippen LogP contribution in [0.25, 0.3) is 16.9 Å². The van der Waals surface area contributed by atoms with E-state index in [1.54, 1.807) is 12.3 Å². The van der Waals surface area contributed by atoms with Crippen molar-refractivity contribution in [1.29, 1.82) is 0 Å². The Kier molecular flexibility index (Phi) is 3.87. The van der Waals surface area contributed by atoms with Crippen molar-refractivity contribution in [2.75, 3.05) is 5.32 Å². The fourth-order valence-corrected chi connectivity index (χ4v) is 2.75. The Labute approximate surface area is 148 Å². The number of benzene rings is 1. The highest BCUT2D eigenvalue weighted by Gasteiger charge is 2.25. The molecule has 3 aromatic heterocycles. The summed E-state index contributed by atoms with van der Waals surface area (Å²) in [5.74, 6) is 0.958. The number of nitrogens with one attached hydrogen (secondary N) is 2. The van der Waals surface area contributed by atoms with Crippen LogP contribution < -0.4 is 9.72 Å². The number of H-pyrrole nitrogens is 1. The lowest BCUT2D eigenvalue weighted by Gasteiger charge is -1.99. The number of hydrogen-bond acceptors (Lipinski definition) is 3. The van der Waals surface area contributed by atoms with Crippen molar-refractivity contribution >= 4 is 28.8 Å². The molecule has 6 nitrogen and oxygen atoms in total. The van der Waals surface area contributed by atoms with Crippen LogP contribution in [0.15, 0.2) is 67.3 Å². The van der Waals surface area contributed by atoms with Gasteiger partial charge >= 0.3 is 5.91 Å². The molecule has 0 saturated carbocycles. The predicted octanol–water partition coefficient (Wildman–Crippen LogP) is 3.12. The molecule has 0 aliphatic heterocycles. The molecule has 0 fully saturated rings. The summed E-state index contributed by atoms with van der Waals surface area (Å²) in [6.45, 7) is 0. The molecular formula is C18H13ClN5O+. The van der Waals surface area contributed by atoms with Crippen LogP contribution in [-0.2, 0) is 0 Å². The molecule has 4 rings (SSSR count). The number of halogens is 1. The maximum absolute atomic E-state index is 12.7. The summed E-state index contributed by atoms with van der Waals surface area (Å²) in [5.41, 5.74) is 2.13. The van der Waals surface area contributed by atoms with E-state index in [9.17, 15) is 4.79 Å². The van der Waals surface area contributed by atoms with Crippen molar-refractivity contribution in [3.8, 4) is 11.4 Å². The summed E-state index contributed by atoms with van der Waals surface area (Å²) in [5, 5.41) is 3.43. The molecule has 1 amide bonds. The van der Waals surface area contributed by atoms with E-state index in [4.69, 9.17) is 11.6 Å². The second-order valence-electron chi connectivity index (χ2n) is 5.36. The van der Waals surface area contributed by atoms with Gasteiger partial charge in [0, 0.05) is 11.2 Å². The topological polar surface area (TPSA) is 74.8 Å². The first-order valence-electron chi connectivity index (χ1n) is 7.58. The number of anilines is 1. The molecule has 0 saturated heterocycles. The zero-order valence-electron chi connectivity index (χ0n) is 13.0. The number of rotatable bonds is 3. The third kappa shape index (κ3) is 2.95. The molecule has 4 aromatic rings. The fourth-order valence-electron chi connectivity index (χ4n) is 2.62. The molecule has 0 aliphatic rings. The standard InChI is InChI=1S/C18H12ClN5O/c19-13-6-4-12(5-7-13)17-23-16(14-3-1-2-10-24(14)17)18(25)22-15-8-9-20-11-21-15/h1-11H,(H,20,21,22,25)/p+1. The van der Waals surface area contributed by atoms with E-state index < -0.39 is 0 Å². The van der Waals surface area contributed by atoms with E-state index in [2.05, 4.69) is 20.3 Å². The Morgan fingerprint density at radius 3 is 2.72 bits per heavy atom. The minimum absolute atomic E-state index is 0.275. The van der Waals surface area contributed by atoms with Crippen LogP contribution >= 0.6 is 11.6 Å². The van der Waals surface area contributed by atoms with Gasteiger partial charge in [0.05, 0.1) is 11.8 Å². The van der Waals surface area contributed by atoms with Gasteiger partial charge in [-0.25, -0.2) is 15.0 Å². The Morgan fingerprint density at radius 1 is 1.12 bits per heavy atom. The largest absolute Gasteiger partial charge is 0.303 e. The van der Waals surface area contributed by atoms with Crippen LogP contribution in [0.3, 0.4) is 0 Å². The van der Waals surface area contributed by atoms with Gasteiger partial charge in [0.1, 0.15) is 12.1 Å². The van der Waals surface area contributed by atoms with E-state index in [-0.39, 0.29) is 5.91 Å². The Hall–Kier alpha value is -3.25. The van der Waals surface area contributed by atoms with Gasteiger partial charge in [0.15, 0.2) is 5.52 Å². The van der Waals surface area contributed by atoms with Gasteiger partial charge in [-0.3, -0.25) is 4.79 Å². The van der Waals surface area contributed by atoms with Crippen molar-refractivity contribution in [2.45, 2.75) is 0 Å². The minimum atomic E-state index is -0.275. The molecule has 2 N–H and O–H groups in total. The molecule has 7 heteroatoms. The highest BCUT2D eigenvalue weighted by molar-refractivity contribution is 6.30. The molecule has 1 aromatic carbocycles. The van der Waals surface area contributed by atoms with Crippen LogP contribution in [0.4, 0.5) is 5.82 Å². The maximum atomic E-state index is 12.7. The van der Waals surface area contributed by atoms with Crippen molar-refractivity contribution in [1.82, 2.24) is 15.0 Å². The Morgan fingerprint density at radius 2 is 1.96 bits per heavy atom. The number of fused-ring (bicyclic) bond motifs is 1. The van der Waals surface area contributed by atoms with Crippen LogP contribution in [0.2, 0.25) is 5.02 Å². The molecule has 0 spiro atoms. The van der Waals surface area contributed by atoms with Gasteiger partial charge in [-0.1, -0.05) is 17.7 Å². The normalized spacial score (nSPS) is 10.8. The highest BCUT2D eigenvalue weighted by Crippen LogP contribution is 2.20. The van der Waals surface area contributed by atoms with Crippen molar-refractivity contribution in [2.24, 2.45) is 0 Å². The maximum Gasteiger partial charge on any atom is 0.301 e. The van der Waals surface area contributed by atoms with Gasteiger partial charge in [-0.2, -0.15) is 4.40 Å². The zero-order valence-corrected chi connectivity index (χ0v) is 13.7. The van der Waals surface area contributed by atoms with Crippen LogP contribution in [0.5, 0.6) is 0 Å². The number of amides is 1. The average molecular weight is 351 g/mol. The molecule has 0 bridgehead atoms. The molecule has 25 heavy (non-hydrogen) atoms. The smallest absolute Gasteiger partial charge is 0.301 e. The summed E-state index contributed by atoms with van der Waals surface area (Å²) in [6, 6.07) is 14.7. The lowest BCUT2D eigenvalue weighted by Crippen LogP contribution is -2.22. The zero-order chi connectivity index (χ0) is 17.2. The second kappa shape index (κ2) is 6.33.